The predicted molar refractivity (Wildman–Crippen MR) is 138 cm³/mol. The lowest BCUT2D eigenvalue weighted by atomic mass is 10.2. The van der Waals surface area contributed by atoms with Gasteiger partial charge in [-0.3, -0.25) is 14.4 Å². The Kier molecular flexibility index (Phi) is 6.95. The van der Waals surface area contributed by atoms with E-state index in [4.69, 9.17) is 17.0 Å². The number of carbonyl (C=O) groups excluding carboxylic acids is 1. The molecule has 1 aliphatic rings. The van der Waals surface area contributed by atoms with E-state index in [0.29, 0.717) is 18.7 Å². The van der Waals surface area contributed by atoms with Gasteiger partial charge in [0.25, 0.3) is 10.0 Å². The maximum absolute atomic E-state index is 13.1. The quantitative estimate of drug-likeness (QED) is 0.399. The Morgan fingerprint density at radius 1 is 1.03 bits per heavy atom. The summed E-state index contributed by atoms with van der Waals surface area (Å²) in [6, 6.07) is 21.0. The number of rotatable bonds is 6. The molecule has 174 valence electrons. The van der Waals surface area contributed by atoms with E-state index in [1.807, 2.05) is 36.4 Å². The lowest BCUT2D eigenvalue weighted by Gasteiger charge is -2.19. The lowest BCUT2D eigenvalue weighted by molar-refractivity contribution is -0.115. The zero-order chi connectivity index (χ0) is 24.1. The molecule has 0 atom stereocenters. The number of amides is 1. The van der Waals surface area contributed by atoms with Crippen LogP contribution in [0.5, 0.6) is 5.75 Å². The summed E-state index contributed by atoms with van der Waals surface area (Å²) in [5, 5.41) is 5.56. The number of nitrogens with one attached hydrogen (secondary N) is 2. The van der Waals surface area contributed by atoms with Crippen LogP contribution < -0.4 is 19.7 Å². The van der Waals surface area contributed by atoms with E-state index in [9.17, 15) is 13.2 Å². The van der Waals surface area contributed by atoms with Crippen LogP contribution in [0.1, 0.15) is 11.1 Å². The van der Waals surface area contributed by atoms with Crippen molar-refractivity contribution in [3.63, 3.8) is 0 Å². The smallest absolute Gasteiger partial charge is 0.264 e. The zero-order valence-corrected chi connectivity index (χ0v) is 20.0. The van der Waals surface area contributed by atoms with E-state index in [-0.39, 0.29) is 15.9 Å². The molecule has 2 N–H and O–H groups in total. The molecule has 0 fully saturated rings. The second kappa shape index (κ2) is 10.1. The minimum absolute atomic E-state index is 0.105. The van der Waals surface area contributed by atoms with Crippen molar-refractivity contribution in [3.8, 4) is 5.75 Å². The van der Waals surface area contributed by atoms with Crippen LogP contribution in [0.2, 0.25) is 0 Å². The van der Waals surface area contributed by atoms with E-state index < -0.39 is 10.0 Å². The van der Waals surface area contributed by atoms with Gasteiger partial charge in [-0.2, -0.15) is 0 Å². The standard InChI is InChI=1S/C25H23N3O4S2/c1-32-21-11-6-18(7-12-21)8-15-24(29)27-25(33)26-20-9-13-22(14-10-20)34(30,31)28-17-16-19-4-2-3-5-23(19)28/h2-15H,16-17H2,1H3,(H2,26,27,29,33)/b15-8+. The number of hydrogen-bond donors (Lipinski definition) is 2. The number of sulfonamides is 1. The van der Waals surface area contributed by atoms with Crippen molar-refractivity contribution >= 4 is 50.7 Å². The fraction of sp³-hybridized carbons (Fsp3) is 0.120. The second-order valence-electron chi connectivity index (χ2n) is 7.53. The van der Waals surface area contributed by atoms with Crippen LogP contribution in [0.15, 0.2) is 83.8 Å². The van der Waals surface area contributed by atoms with E-state index in [1.165, 1.54) is 22.5 Å². The minimum Gasteiger partial charge on any atom is -0.497 e. The van der Waals surface area contributed by atoms with Gasteiger partial charge in [-0.1, -0.05) is 30.3 Å². The number of para-hydroxylation sites is 1. The summed E-state index contributed by atoms with van der Waals surface area (Å²) in [6.45, 7) is 0.418. The first kappa shape index (κ1) is 23.5. The third-order valence-corrected chi connectivity index (χ3v) is 7.36. The average molecular weight is 494 g/mol. The number of hydrogen-bond acceptors (Lipinski definition) is 5. The molecule has 0 saturated heterocycles. The molecule has 0 radical (unpaired) electrons. The van der Waals surface area contributed by atoms with Crippen molar-refractivity contribution in [3.05, 3.63) is 90.0 Å². The van der Waals surface area contributed by atoms with Gasteiger partial charge in [-0.15, -0.1) is 0 Å². The Bertz CT molecular complexity index is 1340. The van der Waals surface area contributed by atoms with Crippen LogP contribution in [0.3, 0.4) is 0 Å². The van der Waals surface area contributed by atoms with Crippen molar-refractivity contribution in [1.82, 2.24) is 5.32 Å². The summed E-state index contributed by atoms with van der Waals surface area (Å²) >= 11 is 5.19. The summed E-state index contributed by atoms with van der Waals surface area (Å²) < 4.78 is 32.8. The minimum atomic E-state index is -3.67. The molecule has 0 saturated carbocycles. The van der Waals surface area contributed by atoms with Crippen molar-refractivity contribution in [1.29, 1.82) is 0 Å². The number of anilines is 2. The first-order chi connectivity index (χ1) is 16.4. The Morgan fingerprint density at radius 3 is 2.44 bits per heavy atom. The molecular weight excluding hydrogens is 470 g/mol. The molecule has 1 aliphatic heterocycles. The van der Waals surface area contributed by atoms with Gasteiger partial charge in [-0.05, 0) is 78.3 Å². The molecule has 1 amide bonds. The number of nitrogens with zero attached hydrogens (tertiary/aromatic N) is 1. The van der Waals surface area contributed by atoms with Gasteiger partial charge < -0.3 is 10.1 Å². The monoisotopic (exact) mass is 493 g/mol. The number of carbonyl (C=O) groups is 1. The first-order valence-electron chi connectivity index (χ1n) is 10.5. The summed E-state index contributed by atoms with van der Waals surface area (Å²) in [4.78, 5) is 12.3. The van der Waals surface area contributed by atoms with Gasteiger partial charge in [0, 0.05) is 18.3 Å². The second-order valence-corrected chi connectivity index (χ2v) is 9.80. The molecule has 7 nitrogen and oxygen atoms in total. The summed E-state index contributed by atoms with van der Waals surface area (Å²) in [7, 11) is -2.08. The number of thiocarbonyl (C=S) groups is 1. The van der Waals surface area contributed by atoms with Gasteiger partial charge in [-0.25, -0.2) is 8.42 Å². The summed E-state index contributed by atoms with van der Waals surface area (Å²) in [5.74, 6) is 0.344. The molecule has 4 rings (SSSR count). The third kappa shape index (κ3) is 5.27. The topological polar surface area (TPSA) is 87.7 Å². The van der Waals surface area contributed by atoms with Crippen molar-refractivity contribution in [2.75, 3.05) is 23.3 Å². The van der Waals surface area contributed by atoms with Crippen LogP contribution in [0.25, 0.3) is 6.08 Å². The van der Waals surface area contributed by atoms with E-state index in [2.05, 4.69) is 10.6 Å². The van der Waals surface area contributed by atoms with E-state index >= 15 is 0 Å². The molecule has 0 bridgehead atoms. The molecule has 0 spiro atoms. The Labute approximate surface area is 204 Å². The zero-order valence-electron chi connectivity index (χ0n) is 18.4. The Balaban J connectivity index is 1.35. The first-order valence-corrected chi connectivity index (χ1v) is 12.4. The molecule has 0 unspecified atom stereocenters. The van der Waals surface area contributed by atoms with Gasteiger partial charge >= 0.3 is 0 Å². The van der Waals surface area contributed by atoms with E-state index in [1.54, 1.807) is 37.5 Å². The molecule has 34 heavy (non-hydrogen) atoms. The fourth-order valence-electron chi connectivity index (χ4n) is 3.60. The number of ether oxygens (including phenoxy) is 1. The normalized spacial score (nSPS) is 12.9. The highest BCUT2D eigenvalue weighted by atomic mass is 32.2. The molecule has 3 aromatic rings. The number of benzene rings is 3. The van der Waals surface area contributed by atoms with Gasteiger partial charge in [0.1, 0.15) is 5.75 Å². The molecule has 0 aliphatic carbocycles. The molecule has 9 heteroatoms. The molecule has 3 aromatic carbocycles. The van der Waals surface area contributed by atoms with Gasteiger partial charge in [0.2, 0.25) is 5.91 Å². The average Bonchev–Trinajstić information content (AvgIpc) is 3.28. The largest absolute Gasteiger partial charge is 0.497 e. The van der Waals surface area contributed by atoms with Crippen molar-refractivity contribution < 1.29 is 17.9 Å². The number of methoxy groups -OCH3 is 1. The van der Waals surface area contributed by atoms with Crippen LogP contribution in [-0.2, 0) is 21.2 Å². The van der Waals surface area contributed by atoms with Gasteiger partial charge in [0.05, 0.1) is 17.7 Å². The third-order valence-electron chi connectivity index (χ3n) is 5.32. The van der Waals surface area contributed by atoms with Crippen molar-refractivity contribution in [2.45, 2.75) is 11.3 Å². The lowest BCUT2D eigenvalue weighted by Crippen LogP contribution is -2.32. The molecular formula is C25H23N3O4S2. The Morgan fingerprint density at radius 2 is 1.74 bits per heavy atom. The SMILES string of the molecule is COc1ccc(/C=C/C(=O)NC(=S)Nc2ccc(S(=O)(=O)N3CCc4ccccc43)cc2)cc1. The maximum atomic E-state index is 13.1. The summed E-state index contributed by atoms with van der Waals surface area (Å²) in [5.41, 5.74) is 3.14. The predicted octanol–water partition coefficient (Wildman–Crippen LogP) is 3.97. The highest BCUT2D eigenvalue weighted by Gasteiger charge is 2.30. The van der Waals surface area contributed by atoms with E-state index in [0.717, 1.165) is 22.6 Å². The van der Waals surface area contributed by atoms with Gasteiger partial charge in [0.15, 0.2) is 5.11 Å². The highest BCUT2D eigenvalue weighted by molar-refractivity contribution is 7.92. The maximum Gasteiger partial charge on any atom is 0.264 e. The van der Waals surface area contributed by atoms with Crippen LogP contribution >= 0.6 is 12.2 Å². The molecule has 0 aromatic heterocycles. The van der Waals surface area contributed by atoms with Crippen molar-refractivity contribution in [2.24, 2.45) is 0 Å². The number of fused-ring (bicyclic) bond motifs is 1. The van der Waals surface area contributed by atoms with Crippen LogP contribution in [0, 0.1) is 0 Å². The summed E-state index contributed by atoms with van der Waals surface area (Å²) in [6.07, 6.45) is 3.73. The molecule has 1 heterocycles. The van der Waals surface area contributed by atoms with Crippen LogP contribution in [0.4, 0.5) is 11.4 Å². The Hall–Kier alpha value is -3.69. The highest BCUT2D eigenvalue weighted by Crippen LogP contribution is 2.32. The van der Waals surface area contributed by atoms with Crippen LogP contribution in [-0.4, -0.2) is 33.1 Å². The fourth-order valence-corrected chi connectivity index (χ4v) is 5.32.